The Balaban J connectivity index is 2.03. The summed E-state index contributed by atoms with van der Waals surface area (Å²) < 4.78 is 24.7. The molecule has 2 rings (SSSR count). The minimum atomic E-state index is -3.05. The SMILES string of the molecule is Cc1ccc(C(=O)N2CCC(S(=O)(=O)CC(C)C)CC2)c(C)c1. The first-order valence-electron chi connectivity index (χ1n) is 8.29. The lowest BCUT2D eigenvalue weighted by Gasteiger charge is -2.32. The van der Waals surface area contributed by atoms with Crippen molar-refractivity contribution in [3.8, 4) is 0 Å². The third-order valence-electron chi connectivity index (χ3n) is 4.42. The van der Waals surface area contributed by atoms with Crippen LogP contribution in [-0.4, -0.2) is 43.3 Å². The number of aryl methyl sites for hydroxylation is 2. The predicted octanol–water partition coefficient (Wildman–Crippen LogP) is 2.98. The van der Waals surface area contributed by atoms with E-state index in [2.05, 4.69) is 0 Å². The molecule has 0 radical (unpaired) electrons. The van der Waals surface area contributed by atoms with Crippen molar-refractivity contribution in [1.82, 2.24) is 4.90 Å². The average Bonchev–Trinajstić information content (AvgIpc) is 2.45. The first-order valence-corrected chi connectivity index (χ1v) is 10.0. The topological polar surface area (TPSA) is 54.5 Å². The number of carbonyl (C=O) groups excluding carboxylic acids is 1. The van der Waals surface area contributed by atoms with Crippen LogP contribution in [-0.2, 0) is 9.84 Å². The van der Waals surface area contributed by atoms with Crippen LogP contribution in [0.5, 0.6) is 0 Å². The second-order valence-corrected chi connectivity index (χ2v) is 9.36. The number of piperidine rings is 1. The summed E-state index contributed by atoms with van der Waals surface area (Å²) >= 11 is 0. The van der Waals surface area contributed by atoms with Crippen LogP contribution in [0.25, 0.3) is 0 Å². The van der Waals surface area contributed by atoms with E-state index in [1.165, 1.54) is 0 Å². The van der Waals surface area contributed by atoms with Crippen LogP contribution in [0.4, 0.5) is 0 Å². The Morgan fingerprint density at radius 2 is 1.83 bits per heavy atom. The number of hydrogen-bond donors (Lipinski definition) is 0. The van der Waals surface area contributed by atoms with E-state index in [0.717, 1.165) is 16.7 Å². The van der Waals surface area contributed by atoms with Gasteiger partial charge < -0.3 is 4.90 Å². The maximum absolute atomic E-state index is 12.6. The summed E-state index contributed by atoms with van der Waals surface area (Å²) in [5, 5.41) is -0.298. The van der Waals surface area contributed by atoms with Gasteiger partial charge in [0.15, 0.2) is 9.84 Å². The van der Waals surface area contributed by atoms with Gasteiger partial charge in [0.2, 0.25) is 0 Å². The van der Waals surface area contributed by atoms with Gasteiger partial charge in [0, 0.05) is 18.7 Å². The van der Waals surface area contributed by atoms with E-state index in [4.69, 9.17) is 0 Å². The van der Waals surface area contributed by atoms with Gasteiger partial charge in [-0.05, 0) is 44.2 Å². The first-order chi connectivity index (χ1) is 10.7. The van der Waals surface area contributed by atoms with Gasteiger partial charge in [-0.1, -0.05) is 31.5 Å². The van der Waals surface area contributed by atoms with E-state index in [1.54, 1.807) is 4.90 Å². The molecule has 1 aromatic rings. The van der Waals surface area contributed by atoms with Crippen LogP contribution in [0.1, 0.15) is 48.2 Å². The Morgan fingerprint density at radius 1 is 1.22 bits per heavy atom. The fourth-order valence-electron chi connectivity index (χ4n) is 3.24. The van der Waals surface area contributed by atoms with Crippen LogP contribution in [0.2, 0.25) is 0 Å². The highest BCUT2D eigenvalue weighted by molar-refractivity contribution is 7.92. The van der Waals surface area contributed by atoms with Crippen LogP contribution in [0.15, 0.2) is 18.2 Å². The van der Waals surface area contributed by atoms with Gasteiger partial charge in [0.25, 0.3) is 5.91 Å². The van der Waals surface area contributed by atoms with Crippen molar-refractivity contribution in [2.45, 2.75) is 45.8 Å². The Morgan fingerprint density at radius 3 is 2.35 bits per heavy atom. The molecule has 5 heteroatoms. The van der Waals surface area contributed by atoms with E-state index < -0.39 is 9.84 Å². The number of benzene rings is 1. The second kappa shape index (κ2) is 7.04. The molecule has 1 heterocycles. The molecule has 1 aliphatic heterocycles. The van der Waals surface area contributed by atoms with Crippen LogP contribution < -0.4 is 0 Å². The van der Waals surface area contributed by atoms with Crippen LogP contribution in [0.3, 0.4) is 0 Å². The molecule has 0 atom stereocenters. The lowest BCUT2D eigenvalue weighted by Crippen LogP contribution is -2.43. The Labute approximate surface area is 139 Å². The molecule has 0 bridgehead atoms. The zero-order valence-electron chi connectivity index (χ0n) is 14.5. The van der Waals surface area contributed by atoms with E-state index >= 15 is 0 Å². The number of amides is 1. The largest absolute Gasteiger partial charge is 0.339 e. The molecule has 0 saturated carbocycles. The van der Waals surface area contributed by atoms with Gasteiger partial charge in [-0.25, -0.2) is 8.42 Å². The minimum absolute atomic E-state index is 0.0159. The highest BCUT2D eigenvalue weighted by Gasteiger charge is 2.32. The lowest BCUT2D eigenvalue weighted by atomic mass is 10.0. The molecule has 1 saturated heterocycles. The molecular weight excluding hydrogens is 310 g/mol. The van der Waals surface area contributed by atoms with Crippen molar-refractivity contribution in [1.29, 1.82) is 0 Å². The second-order valence-electron chi connectivity index (χ2n) is 7.03. The third-order valence-corrected chi connectivity index (χ3v) is 7.03. The normalized spacial score (nSPS) is 16.8. The van der Waals surface area contributed by atoms with Gasteiger partial charge in [-0.15, -0.1) is 0 Å². The highest BCUT2D eigenvalue weighted by atomic mass is 32.2. The molecule has 0 aromatic heterocycles. The van der Waals surface area contributed by atoms with Gasteiger partial charge in [-0.3, -0.25) is 4.79 Å². The smallest absolute Gasteiger partial charge is 0.254 e. The van der Waals surface area contributed by atoms with Crippen molar-refractivity contribution in [2.24, 2.45) is 5.92 Å². The van der Waals surface area contributed by atoms with Crippen molar-refractivity contribution in [3.63, 3.8) is 0 Å². The Bertz CT molecular complexity index is 672. The predicted molar refractivity (Wildman–Crippen MR) is 93.5 cm³/mol. The molecule has 1 aliphatic rings. The van der Waals surface area contributed by atoms with Gasteiger partial charge >= 0.3 is 0 Å². The van der Waals surface area contributed by atoms with Crippen molar-refractivity contribution in [2.75, 3.05) is 18.8 Å². The summed E-state index contributed by atoms with van der Waals surface area (Å²) in [7, 11) is -3.05. The van der Waals surface area contributed by atoms with E-state index in [9.17, 15) is 13.2 Å². The van der Waals surface area contributed by atoms with Crippen LogP contribution in [0, 0.1) is 19.8 Å². The summed E-state index contributed by atoms with van der Waals surface area (Å²) in [6, 6.07) is 5.82. The minimum Gasteiger partial charge on any atom is -0.339 e. The van der Waals surface area contributed by atoms with Crippen molar-refractivity contribution < 1.29 is 13.2 Å². The molecule has 23 heavy (non-hydrogen) atoms. The standard InChI is InChI=1S/C18H27NO3S/c1-13(2)12-23(21,22)16-7-9-19(10-8-16)18(20)17-6-5-14(3)11-15(17)4/h5-6,11,13,16H,7-10,12H2,1-4H3. The number of likely N-dealkylation sites (tertiary alicyclic amines) is 1. The molecule has 128 valence electrons. The zero-order valence-corrected chi connectivity index (χ0v) is 15.3. The molecule has 0 spiro atoms. The molecule has 0 unspecified atom stereocenters. The van der Waals surface area contributed by atoms with Gasteiger partial charge in [0.05, 0.1) is 11.0 Å². The number of carbonyl (C=O) groups is 1. The van der Waals surface area contributed by atoms with Gasteiger partial charge in [0.1, 0.15) is 0 Å². The summed E-state index contributed by atoms with van der Waals surface area (Å²) in [5.74, 6) is 0.403. The van der Waals surface area contributed by atoms with Gasteiger partial charge in [-0.2, -0.15) is 0 Å². The fraction of sp³-hybridized carbons (Fsp3) is 0.611. The molecule has 1 fully saturated rings. The maximum atomic E-state index is 12.6. The zero-order chi connectivity index (χ0) is 17.2. The van der Waals surface area contributed by atoms with Crippen molar-refractivity contribution >= 4 is 15.7 Å². The fourth-order valence-corrected chi connectivity index (χ4v) is 5.37. The molecule has 1 aromatic carbocycles. The Hall–Kier alpha value is -1.36. The molecular formula is C18H27NO3S. The van der Waals surface area contributed by atoms with E-state index in [-0.39, 0.29) is 22.8 Å². The number of rotatable bonds is 4. The number of nitrogens with zero attached hydrogens (tertiary/aromatic N) is 1. The van der Waals surface area contributed by atoms with E-state index in [1.807, 2.05) is 45.9 Å². The summed E-state index contributed by atoms with van der Waals surface area (Å²) in [5.41, 5.74) is 2.83. The number of sulfone groups is 1. The average molecular weight is 337 g/mol. The third kappa shape index (κ3) is 4.34. The molecule has 1 amide bonds. The Kier molecular flexibility index (Phi) is 5.50. The lowest BCUT2D eigenvalue weighted by molar-refractivity contribution is 0.0725. The molecule has 0 aliphatic carbocycles. The first kappa shape index (κ1) is 18.0. The summed E-state index contributed by atoms with van der Waals surface area (Å²) in [4.78, 5) is 14.4. The van der Waals surface area contributed by atoms with Crippen LogP contribution >= 0.6 is 0 Å². The quantitative estimate of drug-likeness (QED) is 0.849. The molecule has 0 N–H and O–H groups in total. The van der Waals surface area contributed by atoms with E-state index in [0.29, 0.717) is 25.9 Å². The monoisotopic (exact) mass is 337 g/mol. The summed E-state index contributed by atoms with van der Waals surface area (Å²) in [6.07, 6.45) is 1.09. The summed E-state index contributed by atoms with van der Waals surface area (Å²) in [6.45, 7) is 8.85. The number of hydrogen-bond acceptors (Lipinski definition) is 3. The van der Waals surface area contributed by atoms with Crippen molar-refractivity contribution in [3.05, 3.63) is 34.9 Å². The highest BCUT2D eigenvalue weighted by Crippen LogP contribution is 2.22. The maximum Gasteiger partial charge on any atom is 0.254 e. The molecule has 4 nitrogen and oxygen atoms in total.